The fourth-order valence-electron chi connectivity index (χ4n) is 2.22. The Morgan fingerprint density at radius 3 is 2.50 bits per heavy atom. The van der Waals surface area contributed by atoms with Crippen LogP contribution in [0, 0.1) is 13.8 Å². The van der Waals surface area contributed by atoms with Crippen molar-refractivity contribution >= 4 is 5.91 Å². The molecule has 1 N–H and O–H groups in total. The average Bonchev–Trinajstić information content (AvgIpc) is 2.82. The van der Waals surface area contributed by atoms with Gasteiger partial charge in [0.15, 0.2) is 11.5 Å². The summed E-state index contributed by atoms with van der Waals surface area (Å²) in [5, 5.41) is 7.15. The third kappa shape index (κ3) is 3.78. The third-order valence-electron chi connectivity index (χ3n) is 3.33. The first kappa shape index (κ1) is 15.9. The van der Waals surface area contributed by atoms with Gasteiger partial charge in [-0.25, -0.2) is 0 Å². The molecular formula is C16H21N3O3. The van der Waals surface area contributed by atoms with Crippen molar-refractivity contribution in [2.45, 2.75) is 26.9 Å². The molecule has 118 valence electrons. The molecule has 2 rings (SSSR count). The average molecular weight is 303 g/mol. The van der Waals surface area contributed by atoms with Gasteiger partial charge in [-0.15, -0.1) is 0 Å². The maximum Gasteiger partial charge on any atom is 0.242 e. The van der Waals surface area contributed by atoms with Gasteiger partial charge in [0.05, 0.1) is 19.9 Å². The fraction of sp³-hybridized carbons (Fsp3) is 0.375. The summed E-state index contributed by atoms with van der Waals surface area (Å²) in [5.41, 5.74) is 2.82. The Kier molecular flexibility index (Phi) is 5.04. The third-order valence-corrected chi connectivity index (χ3v) is 3.33. The van der Waals surface area contributed by atoms with Gasteiger partial charge in [-0.05, 0) is 37.6 Å². The molecule has 0 spiro atoms. The highest BCUT2D eigenvalue weighted by Gasteiger charge is 2.08. The normalized spacial score (nSPS) is 10.4. The number of methoxy groups -OCH3 is 2. The summed E-state index contributed by atoms with van der Waals surface area (Å²) in [4.78, 5) is 12.0. The first-order valence-electron chi connectivity index (χ1n) is 7.02. The molecule has 1 amide bonds. The molecule has 0 aliphatic carbocycles. The summed E-state index contributed by atoms with van der Waals surface area (Å²) in [5.74, 6) is 1.23. The molecule has 0 saturated heterocycles. The van der Waals surface area contributed by atoms with Crippen LogP contribution in [0.2, 0.25) is 0 Å². The van der Waals surface area contributed by atoms with Gasteiger partial charge in [-0.1, -0.05) is 6.07 Å². The Bertz CT molecular complexity index is 665. The van der Waals surface area contributed by atoms with Crippen molar-refractivity contribution in [1.82, 2.24) is 15.1 Å². The molecule has 1 aromatic heterocycles. The zero-order valence-electron chi connectivity index (χ0n) is 13.3. The van der Waals surface area contributed by atoms with E-state index in [2.05, 4.69) is 10.4 Å². The first-order valence-corrected chi connectivity index (χ1v) is 7.02. The first-order chi connectivity index (χ1) is 10.5. The number of aryl methyl sites for hydroxylation is 2. The van der Waals surface area contributed by atoms with Crippen LogP contribution in [-0.4, -0.2) is 29.9 Å². The van der Waals surface area contributed by atoms with Gasteiger partial charge >= 0.3 is 0 Å². The quantitative estimate of drug-likeness (QED) is 0.884. The van der Waals surface area contributed by atoms with Gasteiger partial charge < -0.3 is 14.8 Å². The predicted molar refractivity (Wildman–Crippen MR) is 83.1 cm³/mol. The van der Waals surface area contributed by atoms with Crippen LogP contribution in [0.1, 0.15) is 17.0 Å². The number of carbonyl (C=O) groups excluding carboxylic acids is 1. The number of aromatic nitrogens is 2. The lowest BCUT2D eigenvalue weighted by atomic mass is 10.2. The van der Waals surface area contributed by atoms with Gasteiger partial charge in [0.1, 0.15) is 6.54 Å². The molecule has 2 aromatic rings. The maximum atomic E-state index is 12.0. The number of ether oxygens (including phenoxy) is 2. The highest BCUT2D eigenvalue weighted by Crippen LogP contribution is 2.27. The van der Waals surface area contributed by atoms with E-state index in [-0.39, 0.29) is 12.5 Å². The molecule has 1 heterocycles. The smallest absolute Gasteiger partial charge is 0.242 e. The molecule has 1 aromatic carbocycles. The van der Waals surface area contributed by atoms with E-state index in [1.807, 2.05) is 38.1 Å². The Morgan fingerprint density at radius 2 is 1.91 bits per heavy atom. The standard InChI is InChI=1S/C16H21N3O3/c1-11-7-12(2)19(18-11)10-16(20)17-9-13-5-6-14(21-3)15(8-13)22-4/h5-8H,9-10H2,1-4H3,(H,17,20). The Balaban J connectivity index is 1.95. The lowest BCUT2D eigenvalue weighted by Crippen LogP contribution is -2.28. The number of rotatable bonds is 6. The minimum Gasteiger partial charge on any atom is -0.493 e. The maximum absolute atomic E-state index is 12.0. The number of hydrogen-bond donors (Lipinski definition) is 1. The van der Waals surface area contributed by atoms with Crippen molar-refractivity contribution in [3.05, 3.63) is 41.2 Å². The monoisotopic (exact) mass is 303 g/mol. The van der Waals surface area contributed by atoms with E-state index < -0.39 is 0 Å². The number of nitrogens with one attached hydrogen (secondary N) is 1. The van der Waals surface area contributed by atoms with E-state index in [1.54, 1.807) is 18.9 Å². The zero-order chi connectivity index (χ0) is 16.1. The summed E-state index contributed by atoms with van der Waals surface area (Å²) in [7, 11) is 3.18. The molecule has 0 fully saturated rings. The van der Waals surface area contributed by atoms with E-state index >= 15 is 0 Å². The Labute approximate surface area is 130 Å². The number of nitrogens with zero attached hydrogens (tertiary/aromatic N) is 2. The summed E-state index contributed by atoms with van der Waals surface area (Å²) in [6.45, 7) is 4.48. The van der Waals surface area contributed by atoms with Crippen molar-refractivity contribution < 1.29 is 14.3 Å². The van der Waals surface area contributed by atoms with Crippen molar-refractivity contribution in [3.8, 4) is 11.5 Å². The second kappa shape index (κ2) is 6.98. The van der Waals surface area contributed by atoms with Gasteiger partial charge in [-0.2, -0.15) is 5.10 Å². The van der Waals surface area contributed by atoms with Crippen LogP contribution in [-0.2, 0) is 17.9 Å². The number of amides is 1. The summed E-state index contributed by atoms with van der Waals surface area (Å²) < 4.78 is 12.1. The van der Waals surface area contributed by atoms with Gasteiger partial charge in [-0.3, -0.25) is 9.48 Å². The second-order valence-corrected chi connectivity index (χ2v) is 5.05. The van der Waals surface area contributed by atoms with Gasteiger partial charge in [0.25, 0.3) is 0 Å². The lowest BCUT2D eigenvalue weighted by molar-refractivity contribution is -0.122. The van der Waals surface area contributed by atoms with Crippen molar-refractivity contribution in [3.63, 3.8) is 0 Å². The van der Waals surface area contributed by atoms with E-state index in [1.165, 1.54) is 0 Å². The minimum atomic E-state index is -0.0824. The van der Waals surface area contributed by atoms with Gasteiger partial charge in [0.2, 0.25) is 5.91 Å². The number of benzene rings is 1. The summed E-state index contributed by atoms with van der Waals surface area (Å²) in [6.07, 6.45) is 0. The number of hydrogen-bond acceptors (Lipinski definition) is 4. The largest absolute Gasteiger partial charge is 0.493 e. The van der Waals surface area contributed by atoms with Crippen molar-refractivity contribution in [2.24, 2.45) is 0 Å². The molecule has 6 heteroatoms. The van der Waals surface area contributed by atoms with Crippen LogP contribution < -0.4 is 14.8 Å². The van der Waals surface area contributed by atoms with Crippen LogP contribution in [0.15, 0.2) is 24.3 Å². The molecule has 0 saturated carbocycles. The molecule has 22 heavy (non-hydrogen) atoms. The Morgan fingerprint density at radius 1 is 1.18 bits per heavy atom. The molecule has 0 radical (unpaired) electrons. The zero-order valence-corrected chi connectivity index (χ0v) is 13.3. The van der Waals surface area contributed by atoms with Crippen LogP contribution in [0.25, 0.3) is 0 Å². The van der Waals surface area contributed by atoms with Gasteiger partial charge in [0, 0.05) is 12.2 Å². The lowest BCUT2D eigenvalue weighted by Gasteiger charge is -2.10. The molecule has 0 aliphatic rings. The van der Waals surface area contributed by atoms with E-state index in [0.29, 0.717) is 18.0 Å². The van der Waals surface area contributed by atoms with Crippen LogP contribution in [0.4, 0.5) is 0 Å². The van der Waals surface area contributed by atoms with Crippen molar-refractivity contribution in [2.75, 3.05) is 14.2 Å². The highest BCUT2D eigenvalue weighted by atomic mass is 16.5. The molecule has 0 atom stereocenters. The van der Waals surface area contributed by atoms with Crippen LogP contribution in [0.5, 0.6) is 11.5 Å². The Hall–Kier alpha value is -2.50. The molecule has 0 unspecified atom stereocenters. The fourth-order valence-corrected chi connectivity index (χ4v) is 2.22. The van der Waals surface area contributed by atoms with Crippen LogP contribution >= 0.6 is 0 Å². The van der Waals surface area contributed by atoms with E-state index in [0.717, 1.165) is 17.0 Å². The topological polar surface area (TPSA) is 65.4 Å². The second-order valence-electron chi connectivity index (χ2n) is 5.05. The molecule has 6 nitrogen and oxygen atoms in total. The van der Waals surface area contributed by atoms with E-state index in [9.17, 15) is 4.79 Å². The van der Waals surface area contributed by atoms with E-state index in [4.69, 9.17) is 9.47 Å². The highest BCUT2D eigenvalue weighted by molar-refractivity contribution is 5.75. The summed E-state index contributed by atoms with van der Waals surface area (Å²) >= 11 is 0. The van der Waals surface area contributed by atoms with Crippen LogP contribution in [0.3, 0.4) is 0 Å². The number of carbonyl (C=O) groups is 1. The SMILES string of the molecule is COc1ccc(CNC(=O)Cn2nc(C)cc2C)cc1OC. The predicted octanol–water partition coefficient (Wildman–Crippen LogP) is 1.83. The summed E-state index contributed by atoms with van der Waals surface area (Å²) in [6, 6.07) is 7.51. The minimum absolute atomic E-state index is 0.0824. The molecule has 0 aliphatic heterocycles. The van der Waals surface area contributed by atoms with Crippen molar-refractivity contribution in [1.29, 1.82) is 0 Å². The molecule has 0 bridgehead atoms. The molecular weight excluding hydrogens is 282 g/mol.